The number of amides is 2. The molecule has 0 spiro atoms. The summed E-state index contributed by atoms with van der Waals surface area (Å²) in [6.45, 7) is 0. The third-order valence-corrected chi connectivity index (χ3v) is 4.42. The molecule has 9 heteroatoms. The van der Waals surface area contributed by atoms with Gasteiger partial charge in [0.05, 0.1) is 11.8 Å². The van der Waals surface area contributed by atoms with Crippen LogP contribution in [0.15, 0.2) is 54.9 Å². The summed E-state index contributed by atoms with van der Waals surface area (Å²) < 4.78 is 3.03. The Balaban J connectivity index is 1.63. The maximum atomic E-state index is 12.8. The molecule has 2 amide bonds. The Kier molecular flexibility index (Phi) is 4.55. The Hall–Kier alpha value is -4.01. The standard InChI is InChI=1S/C20H19N7O2/c1-25(2)20(29)15-12-21-26(3)17(15)19(28)22-14-9-10-27-16(11-14)23-18(24-27)13-7-5-4-6-8-13/h4-12H,1-3H3,(H,22,28). The summed E-state index contributed by atoms with van der Waals surface area (Å²) in [5.41, 5.74) is 2.47. The lowest BCUT2D eigenvalue weighted by molar-refractivity contribution is 0.0821. The highest BCUT2D eigenvalue weighted by Crippen LogP contribution is 2.19. The number of carbonyl (C=O) groups is 2. The second-order valence-corrected chi connectivity index (χ2v) is 6.70. The molecule has 0 saturated carbocycles. The number of rotatable bonds is 4. The number of nitrogens with one attached hydrogen (secondary N) is 1. The van der Waals surface area contributed by atoms with E-state index in [9.17, 15) is 9.59 Å². The van der Waals surface area contributed by atoms with Crippen molar-refractivity contribution in [3.05, 3.63) is 66.1 Å². The molecule has 1 N–H and O–H groups in total. The summed E-state index contributed by atoms with van der Waals surface area (Å²) in [4.78, 5) is 31.1. The lowest BCUT2D eigenvalue weighted by atomic mass is 10.2. The third-order valence-electron chi connectivity index (χ3n) is 4.42. The molecule has 0 bridgehead atoms. The molecule has 3 aromatic heterocycles. The summed E-state index contributed by atoms with van der Waals surface area (Å²) in [7, 11) is 4.87. The van der Waals surface area contributed by atoms with Crippen LogP contribution in [0.3, 0.4) is 0 Å². The fourth-order valence-corrected chi connectivity index (χ4v) is 2.96. The lowest BCUT2D eigenvalue weighted by Gasteiger charge is -2.11. The van der Waals surface area contributed by atoms with Gasteiger partial charge >= 0.3 is 0 Å². The molecule has 4 rings (SSSR count). The highest BCUT2D eigenvalue weighted by Gasteiger charge is 2.23. The monoisotopic (exact) mass is 389 g/mol. The first kappa shape index (κ1) is 18.4. The molecule has 4 aromatic rings. The number of aromatic nitrogens is 5. The smallest absolute Gasteiger partial charge is 0.274 e. The van der Waals surface area contributed by atoms with Crippen molar-refractivity contribution in [1.29, 1.82) is 0 Å². The van der Waals surface area contributed by atoms with Gasteiger partial charge in [0, 0.05) is 44.7 Å². The minimum atomic E-state index is -0.428. The minimum Gasteiger partial charge on any atom is -0.345 e. The molecule has 0 fully saturated rings. The Bertz CT molecular complexity index is 1210. The predicted molar refractivity (Wildman–Crippen MR) is 108 cm³/mol. The Labute approximate surface area is 166 Å². The predicted octanol–water partition coefficient (Wildman–Crippen LogP) is 2.08. The van der Waals surface area contributed by atoms with E-state index in [0.29, 0.717) is 17.2 Å². The first-order valence-corrected chi connectivity index (χ1v) is 8.91. The van der Waals surface area contributed by atoms with Crippen molar-refractivity contribution in [2.45, 2.75) is 0 Å². The van der Waals surface area contributed by atoms with Crippen LogP contribution < -0.4 is 5.32 Å². The highest BCUT2D eigenvalue weighted by atomic mass is 16.2. The van der Waals surface area contributed by atoms with E-state index in [-0.39, 0.29) is 17.2 Å². The zero-order chi connectivity index (χ0) is 20.5. The summed E-state index contributed by atoms with van der Waals surface area (Å²) in [6, 6.07) is 13.1. The van der Waals surface area contributed by atoms with E-state index < -0.39 is 5.91 Å². The summed E-state index contributed by atoms with van der Waals surface area (Å²) in [5, 5.41) is 11.3. The van der Waals surface area contributed by atoms with Crippen LogP contribution in [-0.4, -0.2) is 55.2 Å². The van der Waals surface area contributed by atoms with Crippen LogP contribution in [0, 0.1) is 0 Å². The number of pyridine rings is 1. The average Bonchev–Trinajstić information content (AvgIpc) is 3.31. The minimum absolute atomic E-state index is 0.190. The molecule has 3 heterocycles. The number of carbonyl (C=O) groups excluding carboxylic acids is 2. The van der Waals surface area contributed by atoms with Gasteiger partial charge in [0.2, 0.25) is 0 Å². The zero-order valence-electron chi connectivity index (χ0n) is 16.2. The molecule has 29 heavy (non-hydrogen) atoms. The van der Waals surface area contributed by atoms with Crippen LogP contribution in [0.2, 0.25) is 0 Å². The van der Waals surface area contributed by atoms with Crippen LogP contribution in [0.1, 0.15) is 20.8 Å². The maximum Gasteiger partial charge on any atom is 0.274 e. The van der Waals surface area contributed by atoms with Gasteiger partial charge in [-0.3, -0.25) is 14.3 Å². The van der Waals surface area contributed by atoms with E-state index in [4.69, 9.17) is 0 Å². The SMILES string of the molecule is CN(C)C(=O)c1cnn(C)c1C(=O)Nc1ccn2nc(-c3ccccc3)nc2c1. The first-order valence-electron chi connectivity index (χ1n) is 8.91. The molecular weight excluding hydrogens is 370 g/mol. The first-order chi connectivity index (χ1) is 13.9. The van der Waals surface area contributed by atoms with Crippen molar-refractivity contribution in [1.82, 2.24) is 29.3 Å². The summed E-state index contributed by atoms with van der Waals surface area (Å²) in [5.74, 6) is -0.120. The van der Waals surface area contributed by atoms with E-state index in [0.717, 1.165) is 5.56 Å². The Morgan fingerprint density at radius 2 is 1.86 bits per heavy atom. The van der Waals surface area contributed by atoms with E-state index in [2.05, 4.69) is 20.5 Å². The number of benzene rings is 1. The molecule has 146 valence electrons. The molecule has 0 aliphatic rings. The van der Waals surface area contributed by atoms with Gasteiger partial charge in [-0.2, -0.15) is 5.10 Å². The number of fused-ring (bicyclic) bond motifs is 1. The van der Waals surface area contributed by atoms with E-state index in [1.165, 1.54) is 15.8 Å². The van der Waals surface area contributed by atoms with Crippen molar-refractivity contribution in [2.75, 3.05) is 19.4 Å². The van der Waals surface area contributed by atoms with Gasteiger partial charge in [0.25, 0.3) is 11.8 Å². The van der Waals surface area contributed by atoms with Crippen LogP contribution in [-0.2, 0) is 7.05 Å². The Morgan fingerprint density at radius 3 is 2.59 bits per heavy atom. The second-order valence-electron chi connectivity index (χ2n) is 6.70. The molecule has 0 atom stereocenters. The molecule has 1 aromatic carbocycles. The van der Waals surface area contributed by atoms with Gasteiger partial charge in [-0.25, -0.2) is 9.50 Å². The molecule has 0 aliphatic carbocycles. The van der Waals surface area contributed by atoms with E-state index in [1.54, 1.807) is 44.0 Å². The van der Waals surface area contributed by atoms with Gasteiger partial charge < -0.3 is 10.2 Å². The van der Waals surface area contributed by atoms with Crippen molar-refractivity contribution >= 4 is 23.1 Å². The largest absolute Gasteiger partial charge is 0.345 e. The van der Waals surface area contributed by atoms with Gasteiger partial charge in [0.1, 0.15) is 5.69 Å². The van der Waals surface area contributed by atoms with Crippen molar-refractivity contribution < 1.29 is 9.59 Å². The van der Waals surface area contributed by atoms with Crippen molar-refractivity contribution in [2.24, 2.45) is 7.05 Å². The summed E-state index contributed by atoms with van der Waals surface area (Å²) in [6.07, 6.45) is 3.12. The normalized spacial score (nSPS) is 10.9. The number of aryl methyl sites for hydroxylation is 1. The van der Waals surface area contributed by atoms with Gasteiger partial charge in [-0.1, -0.05) is 30.3 Å². The average molecular weight is 389 g/mol. The number of nitrogens with zero attached hydrogens (tertiary/aromatic N) is 6. The zero-order valence-corrected chi connectivity index (χ0v) is 16.2. The molecule has 0 aliphatic heterocycles. The van der Waals surface area contributed by atoms with E-state index in [1.807, 2.05) is 30.3 Å². The lowest BCUT2D eigenvalue weighted by Crippen LogP contribution is -2.26. The number of hydrogen-bond donors (Lipinski definition) is 1. The van der Waals surface area contributed by atoms with Gasteiger partial charge in [0.15, 0.2) is 11.5 Å². The molecule has 0 radical (unpaired) electrons. The van der Waals surface area contributed by atoms with Gasteiger partial charge in [-0.05, 0) is 6.07 Å². The molecule has 0 saturated heterocycles. The second kappa shape index (κ2) is 7.19. The van der Waals surface area contributed by atoms with Crippen LogP contribution >= 0.6 is 0 Å². The molecular formula is C20H19N7O2. The van der Waals surface area contributed by atoms with Crippen molar-refractivity contribution in [3.8, 4) is 11.4 Å². The molecule has 0 unspecified atom stereocenters. The summed E-state index contributed by atoms with van der Waals surface area (Å²) >= 11 is 0. The maximum absolute atomic E-state index is 12.8. The van der Waals surface area contributed by atoms with Crippen molar-refractivity contribution in [3.63, 3.8) is 0 Å². The molecule has 9 nitrogen and oxygen atoms in total. The van der Waals surface area contributed by atoms with Crippen LogP contribution in [0.5, 0.6) is 0 Å². The Morgan fingerprint density at radius 1 is 1.10 bits per heavy atom. The van der Waals surface area contributed by atoms with E-state index >= 15 is 0 Å². The quantitative estimate of drug-likeness (QED) is 0.576. The van der Waals surface area contributed by atoms with Crippen LogP contribution in [0.25, 0.3) is 17.0 Å². The fourth-order valence-electron chi connectivity index (χ4n) is 2.96. The number of anilines is 1. The topological polar surface area (TPSA) is 97.4 Å². The third kappa shape index (κ3) is 3.45. The fraction of sp³-hybridized carbons (Fsp3) is 0.150. The number of hydrogen-bond acceptors (Lipinski definition) is 5. The van der Waals surface area contributed by atoms with Gasteiger partial charge in [-0.15, -0.1) is 5.10 Å². The van der Waals surface area contributed by atoms with Crippen LogP contribution in [0.4, 0.5) is 5.69 Å². The highest BCUT2D eigenvalue weighted by molar-refractivity contribution is 6.11.